The molecule has 4 aliphatic heterocycles. The van der Waals surface area contributed by atoms with Crippen molar-refractivity contribution in [3.05, 3.63) is 201 Å². The highest BCUT2D eigenvalue weighted by atomic mass is 15.2. The second-order valence-electron chi connectivity index (χ2n) is 34.1. The van der Waals surface area contributed by atoms with Crippen molar-refractivity contribution in [1.82, 2.24) is 0 Å². The molecular weight excluding hydrogens is 1040 g/mol. The average Bonchev–Trinajstić information content (AvgIpc) is 1.14. The van der Waals surface area contributed by atoms with Gasteiger partial charge in [0.25, 0.3) is 6.71 Å². The van der Waals surface area contributed by atoms with Crippen LogP contribution in [-0.4, -0.2) is 6.71 Å². The summed E-state index contributed by atoms with van der Waals surface area (Å²) in [6.45, 7) is 51.1. The summed E-state index contributed by atoms with van der Waals surface area (Å²) in [6, 6.07) is 57.4. The van der Waals surface area contributed by atoms with Gasteiger partial charge in [-0.2, -0.15) is 0 Å². The molecule has 0 spiro atoms. The van der Waals surface area contributed by atoms with Crippen LogP contribution in [0.5, 0.6) is 0 Å². The Hall–Kier alpha value is -6.78. The number of hydrogen-bond donors (Lipinski definition) is 0. The molecule has 7 aliphatic rings. The lowest BCUT2D eigenvalue weighted by atomic mass is 9.33. The quantitative estimate of drug-likeness (QED) is 0.163. The third kappa shape index (κ3) is 8.25. The van der Waals surface area contributed by atoms with Crippen LogP contribution in [0.25, 0.3) is 11.1 Å². The van der Waals surface area contributed by atoms with E-state index in [1.165, 1.54) is 129 Å². The van der Waals surface area contributed by atoms with E-state index in [9.17, 15) is 0 Å². The van der Waals surface area contributed by atoms with E-state index < -0.39 is 0 Å². The summed E-state index contributed by atoms with van der Waals surface area (Å²) in [5.74, 6) is 0. The van der Waals surface area contributed by atoms with Crippen LogP contribution >= 0.6 is 0 Å². The summed E-state index contributed by atoms with van der Waals surface area (Å²) in [7, 11) is 0. The Bertz CT molecular complexity index is 4120. The van der Waals surface area contributed by atoms with Gasteiger partial charge >= 0.3 is 0 Å². The first kappa shape index (κ1) is 57.0. The third-order valence-electron chi connectivity index (χ3n) is 22.6. The summed E-state index contributed by atoms with van der Waals surface area (Å²) in [4.78, 5) is 8.06. The van der Waals surface area contributed by atoms with Gasteiger partial charge in [-0.25, -0.2) is 0 Å². The Morgan fingerprint density at radius 2 is 0.884 bits per heavy atom. The van der Waals surface area contributed by atoms with Crippen molar-refractivity contribution in [1.29, 1.82) is 0 Å². The number of nitrogens with zero attached hydrogens (tertiary/aromatic N) is 3. The molecule has 3 nitrogen and oxygen atoms in total. The maximum Gasteiger partial charge on any atom is 0.252 e. The van der Waals surface area contributed by atoms with Crippen LogP contribution in [0.1, 0.15) is 232 Å². The van der Waals surface area contributed by atoms with Gasteiger partial charge in [-0.3, -0.25) is 0 Å². The lowest BCUT2D eigenvalue weighted by Gasteiger charge is -2.48. The molecule has 86 heavy (non-hydrogen) atoms. The summed E-state index contributed by atoms with van der Waals surface area (Å²) in [5, 5.41) is 0. The summed E-state index contributed by atoms with van der Waals surface area (Å²) < 4.78 is 0. The lowest BCUT2D eigenvalue weighted by Crippen LogP contribution is -2.62. The molecule has 0 fully saturated rings. The van der Waals surface area contributed by atoms with Gasteiger partial charge in [-0.05, 0) is 220 Å². The van der Waals surface area contributed by atoms with E-state index in [0.717, 1.165) is 36.3 Å². The summed E-state index contributed by atoms with van der Waals surface area (Å²) in [5.41, 5.74) is 33.1. The molecule has 6 bridgehead atoms. The molecule has 15 rings (SSSR count). The number of anilines is 9. The van der Waals surface area contributed by atoms with Crippen molar-refractivity contribution in [3.8, 4) is 11.1 Å². The fraction of sp³-hybridized carbons (Fsp3) is 0.415. The predicted molar refractivity (Wildman–Crippen MR) is 372 cm³/mol. The molecule has 0 saturated heterocycles. The van der Waals surface area contributed by atoms with Gasteiger partial charge in [0.1, 0.15) is 0 Å². The molecule has 0 unspecified atom stereocenters. The standard InChI is InChI=1S/C82H94BN3/c1-74(2,3)49-22-27-53(28-23-49)84(54-29-24-50(25-30-54)75(4,5)6)56-32-36-64-67(46-56)86-66-37-35-59(76(7,8)9)72-71(66)57-33-26-51(42-60(57)82(72,20)21)81(18,19)52-43-69-73(70(86)44-52)83(64)65-47-62-63(80(16,17)41-40-79(62,14)15)48-68(65)85(69)55-31-34-58-61(45-55)78(12,13)39-38-77(58,10)11/h22-37,42-48H,38-41H2,1-21H3. The van der Waals surface area contributed by atoms with Gasteiger partial charge in [0.2, 0.25) is 0 Å². The smallest absolute Gasteiger partial charge is 0.252 e. The highest BCUT2D eigenvalue weighted by molar-refractivity contribution is 7.00. The van der Waals surface area contributed by atoms with Crippen molar-refractivity contribution in [2.75, 3.05) is 14.7 Å². The molecule has 0 aromatic heterocycles. The fourth-order valence-corrected chi connectivity index (χ4v) is 16.8. The molecule has 8 aromatic rings. The van der Waals surface area contributed by atoms with Crippen LogP contribution in [0.15, 0.2) is 140 Å². The minimum Gasteiger partial charge on any atom is -0.311 e. The molecule has 0 amide bonds. The maximum absolute atomic E-state index is 2.78. The van der Waals surface area contributed by atoms with E-state index in [1.807, 2.05) is 0 Å². The minimum absolute atomic E-state index is 0.00490. The zero-order chi connectivity index (χ0) is 61.3. The second-order valence-corrected chi connectivity index (χ2v) is 34.1. The van der Waals surface area contributed by atoms with E-state index in [-0.39, 0.29) is 55.4 Å². The van der Waals surface area contributed by atoms with E-state index in [2.05, 4.69) is 300 Å². The largest absolute Gasteiger partial charge is 0.311 e. The molecule has 8 aromatic carbocycles. The van der Waals surface area contributed by atoms with Gasteiger partial charge in [0.15, 0.2) is 0 Å². The molecule has 440 valence electrons. The summed E-state index contributed by atoms with van der Waals surface area (Å²) >= 11 is 0. The van der Waals surface area contributed by atoms with Crippen molar-refractivity contribution in [2.24, 2.45) is 0 Å². The number of rotatable bonds is 4. The van der Waals surface area contributed by atoms with Crippen LogP contribution in [-0.2, 0) is 48.7 Å². The minimum atomic E-state index is -0.366. The van der Waals surface area contributed by atoms with Gasteiger partial charge in [0.05, 0.1) is 5.69 Å². The Morgan fingerprint density at radius 3 is 1.44 bits per heavy atom. The monoisotopic (exact) mass is 1130 g/mol. The number of fused-ring (bicyclic) bond motifs is 7. The number of benzene rings is 8. The normalized spacial score (nSPS) is 19.1. The van der Waals surface area contributed by atoms with Crippen LogP contribution in [0.4, 0.5) is 51.2 Å². The van der Waals surface area contributed by atoms with Gasteiger partial charge in [-0.15, -0.1) is 0 Å². The molecule has 4 heteroatoms. The first-order valence-electron chi connectivity index (χ1n) is 32.6. The number of hydrogen-bond acceptors (Lipinski definition) is 3. The molecule has 4 heterocycles. The van der Waals surface area contributed by atoms with E-state index >= 15 is 0 Å². The highest BCUT2D eigenvalue weighted by Gasteiger charge is 2.51. The van der Waals surface area contributed by atoms with E-state index in [4.69, 9.17) is 0 Å². The van der Waals surface area contributed by atoms with Crippen LogP contribution in [0.2, 0.25) is 0 Å². The van der Waals surface area contributed by atoms with E-state index in [1.54, 1.807) is 0 Å². The fourth-order valence-electron chi connectivity index (χ4n) is 16.8. The highest BCUT2D eigenvalue weighted by Crippen LogP contribution is 2.61. The van der Waals surface area contributed by atoms with Crippen molar-refractivity contribution < 1.29 is 0 Å². The second kappa shape index (κ2) is 17.9. The van der Waals surface area contributed by atoms with Gasteiger partial charge in [0, 0.05) is 61.9 Å². The molecule has 0 saturated carbocycles. The average molecular weight is 1130 g/mol. The van der Waals surface area contributed by atoms with E-state index in [0.29, 0.717) is 0 Å². The molecule has 0 radical (unpaired) electrons. The van der Waals surface area contributed by atoms with Crippen LogP contribution in [0.3, 0.4) is 0 Å². The zero-order valence-electron chi connectivity index (χ0n) is 56.0. The Balaban J connectivity index is 1.14. The predicted octanol–water partition coefficient (Wildman–Crippen LogP) is 20.8. The molecule has 3 aliphatic carbocycles. The topological polar surface area (TPSA) is 9.72 Å². The molecular formula is C82H94BN3. The third-order valence-corrected chi connectivity index (χ3v) is 22.6. The first-order chi connectivity index (χ1) is 40.0. The Labute approximate surface area is 517 Å². The zero-order valence-corrected chi connectivity index (χ0v) is 56.0. The van der Waals surface area contributed by atoms with Crippen molar-refractivity contribution in [3.63, 3.8) is 0 Å². The summed E-state index contributed by atoms with van der Waals surface area (Å²) in [6.07, 6.45) is 4.66. The lowest BCUT2D eigenvalue weighted by molar-refractivity contribution is 0.332. The molecule has 0 N–H and O–H groups in total. The van der Waals surface area contributed by atoms with Crippen LogP contribution < -0.4 is 31.1 Å². The Morgan fingerprint density at radius 1 is 0.372 bits per heavy atom. The SMILES string of the molecule is CC(C)(C)c1ccc(N(c2ccc(C(C)(C)C)cc2)c2ccc3c(c2)N2c4cc(cc5c4B3c3cc4c(cc3N5c3ccc5c(c3)C(C)(C)CCC5(C)C)C(C)(C)CCC4(C)C)C(C)(C)c3ccc4c(c3)C(C)(C)c3c(C(C)(C)C)ccc2c3-4)cc1. The van der Waals surface area contributed by atoms with Crippen molar-refractivity contribution >= 4 is 74.3 Å². The maximum atomic E-state index is 2.78. The first-order valence-corrected chi connectivity index (χ1v) is 32.6. The van der Waals surface area contributed by atoms with Crippen LogP contribution in [0, 0.1) is 0 Å². The molecule has 0 atom stereocenters. The van der Waals surface area contributed by atoms with Gasteiger partial charge < -0.3 is 14.7 Å². The van der Waals surface area contributed by atoms with Gasteiger partial charge in [-0.1, -0.05) is 212 Å². The Kier molecular flexibility index (Phi) is 11.9. The van der Waals surface area contributed by atoms with Crippen molar-refractivity contribution in [2.45, 2.75) is 220 Å².